The van der Waals surface area contributed by atoms with E-state index in [4.69, 9.17) is 39.5 Å². The summed E-state index contributed by atoms with van der Waals surface area (Å²) < 4.78 is 26.4. The van der Waals surface area contributed by atoms with E-state index in [-0.39, 0.29) is 17.1 Å². The van der Waals surface area contributed by atoms with Gasteiger partial charge in [-0.05, 0) is 18.6 Å². The van der Waals surface area contributed by atoms with Gasteiger partial charge in [-0.3, -0.25) is 10.1 Å². The van der Waals surface area contributed by atoms with Gasteiger partial charge < -0.3 is 10.1 Å². The van der Waals surface area contributed by atoms with E-state index in [1.807, 2.05) is 0 Å². The van der Waals surface area contributed by atoms with E-state index in [1.54, 1.807) is 24.3 Å². The number of para-hydroxylation sites is 1. The molecule has 1 aromatic rings. The van der Waals surface area contributed by atoms with Gasteiger partial charge in [-0.1, -0.05) is 46.9 Å². The number of hydrogen-bond acceptors (Lipinski definition) is 5. The van der Waals surface area contributed by atoms with Crippen LogP contribution in [0.4, 0.5) is 0 Å². The zero-order valence-electron chi connectivity index (χ0n) is 12.8. The van der Waals surface area contributed by atoms with Gasteiger partial charge in [0.2, 0.25) is 3.79 Å². The maximum absolute atomic E-state index is 12.5. The van der Waals surface area contributed by atoms with Gasteiger partial charge in [0, 0.05) is 6.04 Å². The molecule has 2 N–H and O–H groups in total. The van der Waals surface area contributed by atoms with Crippen molar-refractivity contribution in [1.82, 2.24) is 10.6 Å². The van der Waals surface area contributed by atoms with Crippen molar-refractivity contribution >= 4 is 50.5 Å². The van der Waals surface area contributed by atoms with E-state index >= 15 is 0 Å². The van der Waals surface area contributed by atoms with Crippen molar-refractivity contribution in [3.05, 3.63) is 29.8 Å². The van der Waals surface area contributed by atoms with Crippen LogP contribution in [0.2, 0.25) is 0 Å². The fourth-order valence-corrected chi connectivity index (χ4v) is 4.46. The molecule has 0 saturated carbocycles. The van der Waals surface area contributed by atoms with Gasteiger partial charge >= 0.3 is 0 Å². The predicted octanol–water partition coefficient (Wildman–Crippen LogP) is 1.90. The average molecular weight is 416 g/mol. The van der Waals surface area contributed by atoms with Crippen LogP contribution in [0.1, 0.15) is 16.8 Å². The number of sulfone groups is 1. The molecule has 6 nitrogen and oxygen atoms in total. The lowest BCUT2D eigenvalue weighted by atomic mass is 10.2. The summed E-state index contributed by atoms with van der Waals surface area (Å²) >= 11 is 17.8. The molecule has 1 fully saturated rings. The van der Waals surface area contributed by atoms with Gasteiger partial charge in [0.05, 0.1) is 24.2 Å². The third-order valence-corrected chi connectivity index (χ3v) is 6.01. The maximum atomic E-state index is 12.5. The summed E-state index contributed by atoms with van der Waals surface area (Å²) in [4.78, 5) is 12.5. The topological polar surface area (TPSA) is 84.5 Å². The second kappa shape index (κ2) is 7.66. The van der Waals surface area contributed by atoms with Crippen LogP contribution < -0.4 is 15.4 Å². The zero-order chi connectivity index (χ0) is 18.0. The fraction of sp³-hybridized carbons (Fsp3) is 0.500. The lowest BCUT2D eigenvalue weighted by Gasteiger charge is -2.29. The first-order chi connectivity index (χ1) is 11.1. The predicted molar refractivity (Wildman–Crippen MR) is 94.7 cm³/mol. The van der Waals surface area contributed by atoms with Crippen molar-refractivity contribution in [2.75, 3.05) is 18.6 Å². The summed E-state index contributed by atoms with van der Waals surface area (Å²) in [7, 11) is -1.66. The van der Waals surface area contributed by atoms with Crippen LogP contribution in [0.5, 0.6) is 5.75 Å². The highest BCUT2D eigenvalue weighted by atomic mass is 35.6. The zero-order valence-corrected chi connectivity index (χ0v) is 15.8. The van der Waals surface area contributed by atoms with E-state index in [1.165, 1.54) is 7.11 Å². The van der Waals surface area contributed by atoms with Crippen molar-refractivity contribution in [1.29, 1.82) is 0 Å². The molecule has 0 aromatic heterocycles. The smallest absolute Gasteiger partial charge is 0.256 e. The van der Waals surface area contributed by atoms with Gasteiger partial charge in [0.1, 0.15) is 11.9 Å². The molecule has 134 valence electrons. The third-order valence-electron chi connectivity index (χ3n) is 3.59. The molecule has 10 heteroatoms. The third kappa shape index (κ3) is 5.13. The van der Waals surface area contributed by atoms with Gasteiger partial charge in [0.25, 0.3) is 5.91 Å². The van der Waals surface area contributed by atoms with E-state index in [0.29, 0.717) is 12.2 Å². The second-order valence-corrected chi connectivity index (χ2v) is 10.0. The van der Waals surface area contributed by atoms with Crippen LogP contribution in [-0.2, 0) is 9.84 Å². The SMILES string of the molecule is COc1ccccc1C(=O)N[C@H](N[C@H]1CCS(=O)(=O)C1)C(Cl)(Cl)Cl. The first-order valence-corrected chi connectivity index (χ1v) is 10.0. The molecule has 0 aliphatic carbocycles. The highest BCUT2D eigenvalue weighted by Gasteiger charge is 2.38. The van der Waals surface area contributed by atoms with Gasteiger partial charge in [-0.15, -0.1) is 0 Å². The molecule has 1 aliphatic heterocycles. The first kappa shape index (κ1) is 19.6. The lowest BCUT2D eigenvalue weighted by molar-refractivity contribution is 0.0924. The van der Waals surface area contributed by atoms with Crippen LogP contribution in [0, 0.1) is 0 Å². The molecule has 1 aliphatic rings. The summed E-state index contributed by atoms with van der Waals surface area (Å²) in [5.74, 6) is -0.120. The second-order valence-electron chi connectivity index (χ2n) is 5.41. The molecule has 0 spiro atoms. The standard InChI is InChI=1S/C14H17Cl3N2O4S/c1-23-11-5-3-2-4-10(11)12(20)19-13(14(15,16)17)18-9-6-7-24(21,22)8-9/h2-5,9,13,18H,6-8H2,1H3,(H,19,20)/t9-,13-/m0/s1. The van der Waals surface area contributed by atoms with Gasteiger partial charge in [-0.25, -0.2) is 8.42 Å². The highest BCUT2D eigenvalue weighted by molar-refractivity contribution is 7.91. The van der Waals surface area contributed by atoms with Gasteiger partial charge in [-0.2, -0.15) is 0 Å². The van der Waals surface area contributed by atoms with Crippen molar-refractivity contribution in [3.63, 3.8) is 0 Å². The Balaban J connectivity index is 2.13. The van der Waals surface area contributed by atoms with Crippen LogP contribution in [0.3, 0.4) is 0 Å². The van der Waals surface area contributed by atoms with Gasteiger partial charge in [0.15, 0.2) is 9.84 Å². The summed E-state index contributed by atoms with van der Waals surface area (Å²) in [5.41, 5.74) is 0.278. The van der Waals surface area contributed by atoms with Crippen molar-refractivity contribution in [3.8, 4) is 5.75 Å². The molecular formula is C14H17Cl3N2O4S. The molecule has 1 heterocycles. The Morgan fingerprint density at radius 2 is 2.00 bits per heavy atom. The number of ether oxygens (including phenoxy) is 1. The quantitative estimate of drug-likeness (QED) is 0.567. The minimum Gasteiger partial charge on any atom is -0.496 e. The normalized spacial score (nSPS) is 21.2. The van der Waals surface area contributed by atoms with E-state index in [2.05, 4.69) is 10.6 Å². The highest BCUT2D eigenvalue weighted by Crippen LogP contribution is 2.30. The van der Waals surface area contributed by atoms with Crippen molar-refractivity contribution in [2.45, 2.75) is 22.4 Å². The Morgan fingerprint density at radius 3 is 2.54 bits per heavy atom. The molecule has 2 rings (SSSR count). The number of benzene rings is 1. The Labute approximate surface area is 155 Å². The van der Waals surface area contributed by atoms with Crippen LogP contribution in [-0.4, -0.2) is 48.9 Å². The number of hydrogen-bond donors (Lipinski definition) is 2. The maximum Gasteiger partial charge on any atom is 0.256 e. The summed E-state index contributed by atoms with van der Waals surface area (Å²) in [5, 5.41) is 5.48. The van der Waals surface area contributed by atoms with Crippen LogP contribution in [0.15, 0.2) is 24.3 Å². The number of alkyl halides is 3. The monoisotopic (exact) mass is 414 g/mol. The molecule has 0 radical (unpaired) electrons. The number of halogens is 3. The van der Waals surface area contributed by atoms with E-state index in [9.17, 15) is 13.2 Å². The number of amides is 1. The molecule has 0 bridgehead atoms. The molecule has 1 saturated heterocycles. The Morgan fingerprint density at radius 1 is 1.33 bits per heavy atom. The molecular weight excluding hydrogens is 399 g/mol. The molecule has 2 atom stereocenters. The Kier molecular flexibility index (Phi) is 6.25. The summed E-state index contributed by atoms with van der Waals surface area (Å²) in [6.07, 6.45) is -0.664. The average Bonchev–Trinajstić information content (AvgIpc) is 2.84. The number of carbonyl (C=O) groups excluding carboxylic acids is 1. The molecule has 1 aromatic carbocycles. The fourth-order valence-electron chi connectivity index (χ4n) is 2.42. The minimum atomic E-state index is -3.10. The van der Waals surface area contributed by atoms with Crippen molar-refractivity contribution < 1.29 is 17.9 Å². The van der Waals surface area contributed by atoms with Crippen LogP contribution in [0.25, 0.3) is 0 Å². The Bertz CT molecular complexity index is 706. The molecule has 24 heavy (non-hydrogen) atoms. The molecule has 0 unspecified atom stereocenters. The first-order valence-electron chi connectivity index (χ1n) is 7.09. The molecule has 1 amide bonds. The largest absolute Gasteiger partial charge is 0.496 e. The minimum absolute atomic E-state index is 0.0607. The summed E-state index contributed by atoms with van der Waals surface area (Å²) in [6.45, 7) is 0. The number of nitrogens with one attached hydrogen (secondary N) is 2. The Hall–Kier alpha value is -0.730. The lowest BCUT2D eigenvalue weighted by Crippen LogP contribution is -2.56. The number of carbonyl (C=O) groups is 1. The van der Waals surface area contributed by atoms with E-state index < -0.39 is 31.7 Å². The number of methoxy groups -OCH3 is 1. The van der Waals surface area contributed by atoms with Crippen molar-refractivity contribution in [2.24, 2.45) is 0 Å². The van der Waals surface area contributed by atoms with Crippen LogP contribution >= 0.6 is 34.8 Å². The van der Waals surface area contributed by atoms with E-state index in [0.717, 1.165) is 0 Å². The summed E-state index contributed by atoms with van der Waals surface area (Å²) in [6, 6.07) is 6.22. The number of rotatable bonds is 5.